The number of aromatic nitrogens is 5. The zero-order valence-corrected chi connectivity index (χ0v) is 79.0. The van der Waals surface area contributed by atoms with E-state index in [0.717, 1.165) is 48.5 Å². The van der Waals surface area contributed by atoms with E-state index in [1.54, 1.807) is 173 Å². The number of anilines is 5. The Balaban J connectivity index is 0.000000186. The Kier molecular flexibility index (Phi) is 39.2. The topological polar surface area (TPSA) is 511 Å². The largest absolute Gasteiger partial charge is 0.506 e. The predicted molar refractivity (Wildman–Crippen MR) is 529 cm³/mol. The number of hydrogen-bond donors (Lipinski definition) is 15. The summed E-state index contributed by atoms with van der Waals surface area (Å²) in [4.78, 5) is 119. The Hall–Kier alpha value is -16.0. The predicted octanol–water partition coefficient (Wildman–Crippen LogP) is 19.0. The fourth-order valence-electron chi connectivity index (χ4n) is 12.1. The molecule has 0 atom stereocenters. The monoisotopic (exact) mass is 1990 g/mol. The fraction of sp³-hybridized carbons (Fsp3) is 0.120. The number of H-pyrrole nitrogens is 1. The van der Waals surface area contributed by atoms with E-state index in [1.807, 2.05) is 98.1 Å². The number of nitrogens with zero attached hydrogens (tertiary/aromatic N) is 5. The summed E-state index contributed by atoms with van der Waals surface area (Å²) in [6.45, 7) is 13.4. The Morgan fingerprint density at radius 1 is 0.562 bits per heavy atom. The number of pyridine rings is 2. The number of thioether (sulfide) groups is 1. The first-order valence-corrected chi connectivity index (χ1v) is 45.7. The van der Waals surface area contributed by atoms with Crippen LogP contribution in [-0.2, 0) is 49.7 Å². The van der Waals surface area contributed by atoms with Gasteiger partial charge in [-0.3, -0.25) is 34.1 Å². The molecule has 0 aliphatic heterocycles. The highest BCUT2D eigenvalue weighted by molar-refractivity contribution is 9.10. The highest BCUT2D eigenvalue weighted by atomic mass is 79.9. The van der Waals surface area contributed by atoms with Gasteiger partial charge in [0.05, 0.1) is 63.0 Å². The molecule has 10 aromatic carbocycles. The summed E-state index contributed by atoms with van der Waals surface area (Å²) in [6, 6.07) is 71.3. The van der Waals surface area contributed by atoms with Crippen LogP contribution in [0.15, 0.2) is 309 Å². The van der Waals surface area contributed by atoms with E-state index in [4.69, 9.17) is 31.1 Å². The molecule has 0 spiro atoms. The summed E-state index contributed by atoms with van der Waals surface area (Å²) in [5.74, 6) is -6.17. The lowest BCUT2D eigenvalue weighted by molar-refractivity contribution is -0.154. The SMILES string of the molecule is C/C(=N/Nc1ccc(C(=O)O)cc1)c1ccc(O)c(O)c1O.CC(C)OC(=O)C(=O)/C=C(\Nc1cccc(C(=O)O)c1)c1ccccc1.Cc1ccc(Cc2cncc(O)c2)cc1S(=O)(=O)O.Cc1ccc(NC(=O)c2cccc(NC(=O)c3ccccc3C(=O)O)c2)cc1C.Cc1n[nH]c(=O)nc1NCc1ccc(Cl)cc1.O=C(NCc1cccs1)c1cccnc1SCc1cccc(Br)c1. The number of carbonyl (C=O) groups excluding carboxylic acids is 5. The van der Waals surface area contributed by atoms with E-state index in [2.05, 4.69) is 90.3 Å². The molecule has 0 aliphatic carbocycles. The maximum atomic E-state index is 12.6. The number of halogens is 2. The lowest BCUT2D eigenvalue weighted by Crippen LogP contribution is -2.23. The van der Waals surface area contributed by atoms with E-state index < -0.39 is 74.7 Å². The Morgan fingerprint density at radius 2 is 1.19 bits per heavy atom. The minimum absolute atomic E-state index is 0.0463. The number of ketones is 1. The molecule has 3 amide bonds. The van der Waals surface area contributed by atoms with Crippen molar-refractivity contribution in [3.05, 3.63) is 399 Å². The molecule has 0 bridgehead atoms. The molecular weight excluding hydrogens is 1900 g/mol. The molecule has 4 heterocycles. The van der Waals surface area contributed by atoms with Crippen molar-refractivity contribution in [2.24, 2.45) is 5.10 Å². The standard InChI is InChI=1S/C23H20N2O4.C20H19NO5.C18H15BrN2OS2.C15H14N2O5.C13H13NO4S.C11H11ClN4O/c1-14-10-11-18(12-15(14)2)24-21(26)16-6-5-7-17(13-16)25-22(27)19-8-3-4-9-20(19)23(28)29;1-13(2)26-20(25)18(22)12-17(14-7-4-3-5-8-14)21-16-10-6-9-15(11-16)19(23)24;19-14-5-1-4-13(10-14)12-24-18-16(7-2-8-20-18)17(22)21-11-15-6-3-9-23-15;1-8(11-6-7-12(18)14(20)13(11)19)16-17-10-4-2-9(3-5-10)15(21)22;1-9-2-3-10(6-13(9)19(16,17)18)4-11-5-12(15)8-14-7-11;1-7-10(14-11(17)16-15-7)13-6-8-2-4-9(12)5-3-8/h3-13H,1-2H3,(H,24,26)(H,25,27)(H,28,29);3-13,21H,1-2H3,(H,23,24);1-10H,11-12H2,(H,21,22);2-7,17-20H,1H3,(H,21,22);2-3,5-8,15H,4H2,1H3,(H,16,17,18);2-5H,6H2,1H3,(H2,13,14,16,17)/b;17-12-;;16-8-;;. The number of aromatic carboxylic acids is 3. The van der Waals surface area contributed by atoms with Gasteiger partial charge in [-0.05, 0) is 256 Å². The first-order chi connectivity index (χ1) is 65.3. The lowest BCUT2D eigenvalue weighted by Gasteiger charge is -2.12. The molecule has 0 saturated carbocycles. The maximum absolute atomic E-state index is 12.6. The zero-order valence-electron chi connectivity index (χ0n) is 74.2. The number of ether oxygens (including phenoxy) is 1. The third-order valence-electron chi connectivity index (χ3n) is 19.1. The third kappa shape index (κ3) is 33.6. The number of hydrogen-bond acceptors (Lipinski definition) is 26. The number of hydrazone groups is 1. The van der Waals surface area contributed by atoms with Crippen LogP contribution in [0.4, 0.5) is 28.6 Å². The summed E-state index contributed by atoms with van der Waals surface area (Å²) in [7, 11) is -4.22. The maximum Gasteiger partial charge on any atom is 0.379 e. The molecule has 37 heteroatoms. The second-order valence-electron chi connectivity index (χ2n) is 29.8. The number of thiophene rings is 1. The highest BCUT2D eigenvalue weighted by Crippen LogP contribution is 2.38. The van der Waals surface area contributed by atoms with Crippen molar-refractivity contribution in [2.45, 2.75) is 89.8 Å². The summed E-state index contributed by atoms with van der Waals surface area (Å²) >= 11 is 12.5. The van der Waals surface area contributed by atoms with Crippen LogP contribution in [-0.4, -0.2) is 133 Å². The summed E-state index contributed by atoms with van der Waals surface area (Å²) in [5.41, 5.74) is 14.3. The van der Waals surface area contributed by atoms with Crippen molar-refractivity contribution in [3.8, 4) is 23.0 Å². The molecule has 4 aromatic heterocycles. The highest BCUT2D eigenvalue weighted by Gasteiger charge is 2.22. The van der Waals surface area contributed by atoms with Gasteiger partial charge in [0.1, 0.15) is 16.5 Å². The van der Waals surface area contributed by atoms with Crippen LogP contribution >= 0.6 is 50.6 Å². The molecule has 14 rings (SSSR count). The van der Waals surface area contributed by atoms with Crippen LogP contribution in [0.5, 0.6) is 23.0 Å². The molecule has 15 N–H and O–H groups in total. The van der Waals surface area contributed by atoms with Gasteiger partial charge in [-0.1, -0.05) is 131 Å². The second kappa shape index (κ2) is 51.3. The molecule has 14 aromatic rings. The zero-order chi connectivity index (χ0) is 99.4. The Labute approximate surface area is 808 Å². The number of nitrogens with one attached hydrogen (secondary N) is 7. The van der Waals surface area contributed by atoms with Gasteiger partial charge in [-0.2, -0.15) is 23.6 Å². The number of phenols is 3. The van der Waals surface area contributed by atoms with E-state index in [-0.39, 0.29) is 50.3 Å². The molecule has 0 radical (unpaired) electrons. The third-order valence-corrected chi connectivity index (χ3v) is 22.8. The van der Waals surface area contributed by atoms with Crippen molar-refractivity contribution < 1.29 is 91.8 Å². The van der Waals surface area contributed by atoms with E-state index in [1.165, 1.54) is 72.4 Å². The molecule has 0 aliphatic rings. The number of benzene rings is 10. The lowest BCUT2D eigenvalue weighted by atomic mass is 10.1. The number of aromatic amines is 1. The van der Waals surface area contributed by atoms with Crippen molar-refractivity contribution in [3.63, 3.8) is 0 Å². The number of rotatable bonds is 28. The van der Waals surface area contributed by atoms with Gasteiger partial charge in [-0.25, -0.2) is 34.1 Å². The molecule has 32 nitrogen and oxygen atoms in total. The normalized spacial score (nSPS) is 10.8. The Morgan fingerprint density at radius 3 is 1.85 bits per heavy atom. The van der Waals surface area contributed by atoms with Crippen LogP contribution < -0.4 is 37.7 Å². The van der Waals surface area contributed by atoms with Crippen LogP contribution in [0.25, 0.3) is 5.70 Å². The average Bonchev–Trinajstić information content (AvgIpc) is 1.03. The second-order valence-corrected chi connectivity index (χ2v) is 34.5. The number of phenolic OH excluding ortho intramolecular Hbond substituents is 3. The van der Waals surface area contributed by atoms with Crippen molar-refractivity contribution in [2.75, 3.05) is 26.7 Å². The van der Waals surface area contributed by atoms with E-state index in [9.17, 15) is 77.1 Å². The summed E-state index contributed by atoms with van der Waals surface area (Å²) in [5, 5.41) is 93.0. The first kappa shape index (κ1) is 105. The van der Waals surface area contributed by atoms with Gasteiger partial charge >= 0.3 is 29.6 Å². The number of aryl methyl sites for hydroxylation is 4. The van der Waals surface area contributed by atoms with Gasteiger partial charge in [0.25, 0.3) is 33.6 Å². The van der Waals surface area contributed by atoms with Crippen LogP contribution in [0.2, 0.25) is 5.02 Å². The molecule has 0 unspecified atom stereocenters. The van der Waals surface area contributed by atoms with Gasteiger partial charge < -0.3 is 67.1 Å². The molecular formula is C100H92BrClN12O20S3. The van der Waals surface area contributed by atoms with Gasteiger partial charge in [0.15, 0.2) is 17.3 Å². The van der Waals surface area contributed by atoms with Crippen LogP contribution in [0.1, 0.15) is 144 Å². The fourth-order valence-corrected chi connectivity index (χ4v) is 15.0. The van der Waals surface area contributed by atoms with Crippen LogP contribution in [0, 0.1) is 27.7 Å². The average molecular weight is 1990 g/mol. The number of amides is 3. The van der Waals surface area contributed by atoms with Gasteiger partial charge in [0, 0.05) is 79.0 Å². The van der Waals surface area contributed by atoms with Crippen LogP contribution in [0.3, 0.4) is 0 Å². The minimum atomic E-state index is -4.22. The number of carbonyl (C=O) groups is 8. The first-order valence-electron chi connectivity index (χ1n) is 41.2. The number of aromatic hydroxyl groups is 4. The van der Waals surface area contributed by atoms with E-state index in [0.29, 0.717) is 98.0 Å². The van der Waals surface area contributed by atoms with Crippen molar-refractivity contribution in [1.29, 1.82) is 0 Å². The number of carboxylic acids is 3. The Bertz CT molecular complexity index is 6900. The summed E-state index contributed by atoms with van der Waals surface area (Å²) < 4.78 is 37.5. The molecule has 0 fully saturated rings. The van der Waals surface area contributed by atoms with E-state index >= 15 is 0 Å². The molecule has 0 saturated heterocycles. The molecule has 137 heavy (non-hydrogen) atoms. The number of carboxylic acid groups (broad SMARTS) is 3. The van der Waals surface area contributed by atoms with Crippen molar-refractivity contribution >= 4 is 148 Å². The van der Waals surface area contributed by atoms with Gasteiger partial charge in [0.2, 0.25) is 5.75 Å². The molecule has 704 valence electrons. The number of esters is 1. The quantitative estimate of drug-likeness (QED) is 0.00316. The van der Waals surface area contributed by atoms with Gasteiger partial charge in [-0.15, -0.1) is 23.1 Å². The smallest absolute Gasteiger partial charge is 0.379 e. The minimum Gasteiger partial charge on any atom is -0.506 e. The van der Waals surface area contributed by atoms with Crippen molar-refractivity contribution in [1.82, 2.24) is 30.5 Å². The summed E-state index contributed by atoms with van der Waals surface area (Å²) in [6.07, 6.45) is 5.80.